The largest absolute Gasteiger partial charge is 0.491 e. The second-order valence-corrected chi connectivity index (χ2v) is 8.33. The molecule has 0 spiro atoms. The van der Waals surface area contributed by atoms with Crippen LogP contribution in [0.3, 0.4) is 0 Å². The van der Waals surface area contributed by atoms with Crippen LogP contribution >= 0.6 is 11.6 Å². The second-order valence-electron chi connectivity index (χ2n) is 7.89. The Hall–Kier alpha value is -3.27. The van der Waals surface area contributed by atoms with Gasteiger partial charge in [-0.15, -0.1) is 0 Å². The highest BCUT2D eigenvalue weighted by Gasteiger charge is 2.32. The number of nitrogens with two attached hydrogens (primary N) is 1. The summed E-state index contributed by atoms with van der Waals surface area (Å²) in [5.41, 5.74) is 8.11. The molecule has 1 amide bonds. The van der Waals surface area contributed by atoms with Crippen LogP contribution in [0.4, 0.5) is 5.69 Å². The average molecular weight is 499 g/mol. The number of nitrogens with zero attached hydrogens (tertiary/aromatic N) is 2. The number of amidine groups is 2. The number of hydrogen-bond acceptors (Lipinski definition) is 7. The predicted octanol–water partition coefficient (Wildman–Crippen LogP) is 3.22. The Bertz CT molecular complexity index is 1100. The summed E-state index contributed by atoms with van der Waals surface area (Å²) in [5.74, 6) is 0.584. The van der Waals surface area contributed by atoms with E-state index >= 15 is 0 Å². The fourth-order valence-electron chi connectivity index (χ4n) is 3.75. The molecule has 2 aromatic carbocycles. The molecular formula is C25H31ClN6O3. The molecule has 186 valence electrons. The van der Waals surface area contributed by atoms with Gasteiger partial charge in [0.2, 0.25) is 5.91 Å². The van der Waals surface area contributed by atoms with E-state index in [1.54, 1.807) is 31.2 Å². The van der Waals surface area contributed by atoms with E-state index in [-0.39, 0.29) is 24.0 Å². The van der Waals surface area contributed by atoms with Crippen molar-refractivity contribution in [2.24, 2.45) is 10.7 Å². The van der Waals surface area contributed by atoms with Gasteiger partial charge in [0, 0.05) is 29.2 Å². The van der Waals surface area contributed by atoms with Gasteiger partial charge in [-0.05, 0) is 44.2 Å². The molecule has 1 atom stereocenters. The Morgan fingerprint density at radius 1 is 1.20 bits per heavy atom. The molecule has 9 nitrogen and oxygen atoms in total. The molecule has 0 aliphatic carbocycles. The zero-order valence-corrected chi connectivity index (χ0v) is 20.7. The van der Waals surface area contributed by atoms with Crippen LogP contribution in [-0.2, 0) is 9.53 Å². The molecule has 1 heterocycles. The summed E-state index contributed by atoms with van der Waals surface area (Å²) in [6.45, 7) is 5.58. The number of benzene rings is 2. The van der Waals surface area contributed by atoms with E-state index < -0.39 is 6.04 Å². The minimum Gasteiger partial charge on any atom is -0.491 e. The molecule has 0 bridgehead atoms. The minimum absolute atomic E-state index is 0.0105. The molecule has 0 unspecified atom stereocenters. The van der Waals surface area contributed by atoms with Crippen molar-refractivity contribution in [3.05, 3.63) is 58.6 Å². The van der Waals surface area contributed by atoms with Crippen LogP contribution in [0, 0.1) is 10.8 Å². The molecule has 0 saturated heterocycles. The fourth-order valence-corrected chi connectivity index (χ4v) is 3.87. The average Bonchev–Trinajstić information content (AvgIpc) is 2.94. The van der Waals surface area contributed by atoms with Gasteiger partial charge in [-0.1, -0.05) is 23.7 Å². The highest BCUT2D eigenvalue weighted by atomic mass is 35.5. The summed E-state index contributed by atoms with van der Waals surface area (Å²) in [6.07, 6.45) is -0.0105. The van der Waals surface area contributed by atoms with Crippen molar-refractivity contribution in [1.29, 1.82) is 10.8 Å². The number of aliphatic imine (C=N–C) groups is 1. The van der Waals surface area contributed by atoms with E-state index in [1.807, 2.05) is 25.1 Å². The number of fused-ring (bicyclic) bond motifs is 1. The molecule has 1 aliphatic heterocycles. The van der Waals surface area contributed by atoms with E-state index in [9.17, 15) is 4.79 Å². The number of carbonyl (C=O) groups excluding carboxylic acids is 1. The van der Waals surface area contributed by atoms with Crippen LogP contribution in [0.25, 0.3) is 0 Å². The molecule has 0 radical (unpaired) electrons. The highest BCUT2D eigenvalue weighted by Crippen LogP contribution is 2.33. The SMILES string of the molecule is CCNC(=O)C[C@@H]1N=C(c2ccc(Cl)cc2)c2cc(OCCOCCN)ccc2N(C(C)=N)C1=N. The number of carbonyl (C=O) groups is 1. The summed E-state index contributed by atoms with van der Waals surface area (Å²) in [4.78, 5) is 18.8. The molecule has 2 aromatic rings. The number of nitrogens with one attached hydrogen (secondary N) is 3. The number of halogens is 1. The summed E-state index contributed by atoms with van der Waals surface area (Å²) in [5, 5.41) is 20.6. The van der Waals surface area contributed by atoms with E-state index in [4.69, 9.17) is 42.6 Å². The lowest BCUT2D eigenvalue weighted by atomic mass is 9.99. The number of rotatable bonds is 10. The molecule has 0 fully saturated rings. The molecule has 10 heteroatoms. The van der Waals surface area contributed by atoms with E-state index in [1.165, 1.54) is 4.90 Å². The summed E-state index contributed by atoms with van der Waals surface area (Å²) < 4.78 is 11.3. The predicted molar refractivity (Wildman–Crippen MR) is 140 cm³/mol. The number of anilines is 1. The third-order valence-corrected chi connectivity index (χ3v) is 5.52. The van der Waals surface area contributed by atoms with Crippen molar-refractivity contribution in [3.63, 3.8) is 0 Å². The maximum Gasteiger partial charge on any atom is 0.222 e. The van der Waals surface area contributed by atoms with Gasteiger partial charge in [-0.2, -0.15) is 0 Å². The second kappa shape index (κ2) is 12.4. The first-order valence-corrected chi connectivity index (χ1v) is 11.8. The first kappa shape index (κ1) is 26.3. The monoisotopic (exact) mass is 498 g/mol. The first-order valence-electron chi connectivity index (χ1n) is 11.4. The number of benzodiazepines with no additional fused rings is 1. The van der Waals surface area contributed by atoms with Crippen molar-refractivity contribution in [2.75, 3.05) is 37.8 Å². The topological polar surface area (TPSA) is 137 Å². The third-order valence-electron chi connectivity index (χ3n) is 5.27. The number of hydrogen-bond donors (Lipinski definition) is 4. The summed E-state index contributed by atoms with van der Waals surface area (Å²) in [6, 6.07) is 11.9. The number of ether oxygens (including phenoxy) is 2. The lowest BCUT2D eigenvalue weighted by molar-refractivity contribution is -0.121. The molecule has 5 N–H and O–H groups in total. The van der Waals surface area contributed by atoms with Crippen molar-refractivity contribution < 1.29 is 14.3 Å². The summed E-state index contributed by atoms with van der Waals surface area (Å²) >= 11 is 6.12. The lowest BCUT2D eigenvalue weighted by Crippen LogP contribution is -2.42. The quantitative estimate of drug-likeness (QED) is 0.226. The third kappa shape index (κ3) is 6.66. The van der Waals surface area contributed by atoms with Gasteiger partial charge in [0.1, 0.15) is 30.1 Å². The van der Waals surface area contributed by atoms with E-state index in [0.29, 0.717) is 60.6 Å². The molecule has 1 aliphatic rings. The van der Waals surface area contributed by atoms with Gasteiger partial charge in [-0.3, -0.25) is 25.5 Å². The van der Waals surface area contributed by atoms with Gasteiger partial charge in [-0.25, -0.2) is 0 Å². The van der Waals surface area contributed by atoms with Crippen LogP contribution in [0.2, 0.25) is 5.02 Å². The maximum absolute atomic E-state index is 12.4. The Morgan fingerprint density at radius 2 is 1.94 bits per heavy atom. The van der Waals surface area contributed by atoms with E-state index in [0.717, 1.165) is 5.56 Å². The zero-order chi connectivity index (χ0) is 25.4. The van der Waals surface area contributed by atoms with Crippen LogP contribution in [0.5, 0.6) is 5.75 Å². The smallest absolute Gasteiger partial charge is 0.222 e. The Labute approximate surface area is 210 Å². The Morgan fingerprint density at radius 3 is 2.60 bits per heavy atom. The standard InChI is InChI=1S/C25H31ClN6O3/c1-3-30-23(33)15-21-25(29)32(16(2)28)22-9-8-19(35-13-12-34-11-10-27)14-20(22)24(31-21)17-4-6-18(26)7-5-17/h4-9,14,21,28-29H,3,10-13,15,27H2,1-2H3,(H,30,33)/t21-/m0/s1. The van der Waals surface area contributed by atoms with Crippen LogP contribution in [0.15, 0.2) is 47.5 Å². The zero-order valence-electron chi connectivity index (χ0n) is 19.9. The molecule has 0 saturated carbocycles. The van der Waals surface area contributed by atoms with Crippen LogP contribution in [-0.4, -0.2) is 62.2 Å². The number of amides is 1. The van der Waals surface area contributed by atoms with Crippen molar-refractivity contribution >= 4 is 40.6 Å². The van der Waals surface area contributed by atoms with Crippen LogP contribution in [0.1, 0.15) is 31.4 Å². The van der Waals surface area contributed by atoms with Gasteiger partial charge in [0.05, 0.1) is 31.0 Å². The lowest BCUT2D eigenvalue weighted by Gasteiger charge is -2.26. The first-order chi connectivity index (χ1) is 16.8. The minimum atomic E-state index is -0.783. The van der Waals surface area contributed by atoms with Gasteiger partial charge >= 0.3 is 0 Å². The fraction of sp³-hybridized carbons (Fsp3) is 0.360. The Balaban J connectivity index is 2.09. The highest BCUT2D eigenvalue weighted by molar-refractivity contribution is 6.31. The molecular weight excluding hydrogens is 468 g/mol. The maximum atomic E-state index is 12.4. The van der Waals surface area contributed by atoms with Crippen LogP contribution < -0.4 is 20.7 Å². The molecule has 3 rings (SSSR count). The van der Waals surface area contributed by atoms with Crippen molar-refractivity contribution in [3.8, 4) is 5.75 Å². The van der Waals surface area contributed by atoms with Gasteiger partial charge in [0.15, 0.2) is 0 Å². The van der Waals surface area contributed by atoms with E-state index in [2.05, 4.69) is 5.32 Å². The molecule has 0 aromatic heterocycles. The van der Waals surface area contributed by atoms with Crippen molar-refractivity contribution in [2.45, 2.75) is 26.3 Å². The van der Waals surface area contributed by atoms with Gasteiger partial charge in [0.25, 0.3) is 0 Å². The Kier molecular flexibility index (Phi) is 9.36. The summed E-state index contributed by atoms with van der Waals surface area (Å²) in [7, 11) is 0. The van der Waals surface area contributed by atoms with Gasteiger partial charge < -0.3 is 20.5 Å². The van der Waals surface area contributed by atoms with Crippen molar-refractivity contribution in [1.82, 2.24) is 5.32 Å². The normalized spacial score (nSPS) is 15.2. The molecule has 35 heavy (non-hydrogen) atoms.